The molecule has 202 valence electrons. The van der Waals surface area contributed by atoms with Crippen molar-refractivity contribution >= 4 is 34.8 Å². The highest BCUT2D eigenvalue weighted by atomic mass is 35.5. The predicted octanol–water partition coefficient (Wildman–Crippen LogP) is 4.39. The second-order valence-corrected chi connectivity index (χ2v) is 10.7. The first kappa shape index (κ1) is 25.6. The van der Waals surface area contributed by atoms with Crippen molar-refractivity contribution < 1.29 is 14.0 Å². The molecule has 1 aromatic heterocycles. The molecule has 3 aliphatic rings. The molecule has 0 saturated carbocycles. The number of nitrogens with one attached hydrogen (secondary N) is 2. The van der Waals surface area contributed by atoms with Crippen molar-refractivity contribution in [2.45, 2.75) is 38.1 Å². The molecular formula is C29H31ClN6O3. The topological polar surface area (TPSA) is 104 Å². The van der Waals surface area contributed by atoms with E-state index in [0.29, 0.717) is 30.5 Å². The van der Waals surface area contributed by atoms with Crippen molar-refractivity contribution in [2.75, 3.05) is 38.0 Å². The molecule has 9 nitrogen and oxygen atoms in total. The summed E-state index contributed by atoms with van der Waals surface area (Å²) in [5, 5.41) is 15.3. The number of benzene rings is 2. The van der Waals surface area contributed by atoms with E-state index in [0.717, 1.165) is 61.2 Å². The largest absolute Gasteiger partial charge is 0.420 e. The summed E-state index contributed by atoms with van der Waals surface area (Å²) in [6.07, 6.45) is 5.43. The standard InChI is InChI=1S/C29H31ClN6O3/c30-23-16-21(19-5-10-31-11-6-19)15-22(17-23)28-34-33-26(39-28)18-27(37)35-12-8-24(9-13-35)36-14-7-20-3-1-2-4-25(20)32-29(36)38/h1-5,15-17,24,31H,6-14,18H2,(H,32,38). The quantitative estimate of drug-likeness (QED) is 0.492. The molecule has 3 aliphatic heterocycles. The maximum atomic E-state index is 13.0. The Morgan fingerprint density at radius 3 is 2.69 bits per heavy atom. The zero-order valence-electron chi connectivity index (χ0n) is 21.7. The van der Waals surface area contributed by atoms with Gasteiger partial charge in [-0.25, -0.2) is 4.79 Å². The second-order valence-electron chi connectivity index (χ2n) is 10.2. The van der Waals surface area contributed by atoms with Crippen LogP contribution >= 0.6 is 11.6 Å². The lowest BCUT2D eigenvalue weighted by molar-refractivity contribution is -0.132. The maximum absolute atomic E-state index is 13.0. The van der Waals surface area contributed by atoms with Gasteiger partial charge in [-0.15, -0.1) is 10.2 Å². The molecule has 3 aromatic rings. The summed E-state index contributed by atoms with van der Waals surface area (Å²) in [6.45, 7) is 3.61. The summed E-state index contributed by atoms with van der Waals surface area (Å²) in [7, 11) is 0. The first-order valence-electron chi connectivity index (χ1n) is 13.5. The number of carbonyl (C=O) groups excluding carboxylic acids is 2. The number of hydrogen-bond acceptors (Lipinski definition) is 6. The van der Waals surface area contributed by atoms with Gasteiger partial charge < -0.3 is 24.9 Å². The van der Waals surface area contributed by atoms with Crippen LogP contribution < -0.4 is 10.6 Å². The molecule has 0 atom stereocenters. The lowest BCUT2D eigenvalue weighted by Gasteiger charge is -2.37. The molecule has 10 heteroatoms. The third kappa shape index (κ3) is 5.69. The number of para-hydroxylation sites is 1. The number of hydrogen-bond donors (Lipinski definition) is 2. The van der Waals surface area contributed by atoms with Crippen molar-refractivity contribution in [1.82, 2.24) is 25.3 Å². The number of nitrogens with zero attached hydrogens (tertiary/aromatic N) is 4. The molecule has 2 N–H and O–H groups in total. The van der Waals surface area contributed by atoms with Crippen LogP contribution in [0.2, 0.25) is 5.02 Å². The van der Waals surface area contributed by atoms with E-state index < -0.39 is 0 Å². The lowest BCUT2D eigenvalue weighted by Crippen LogP contribution is -2.50. The van der Waals surface area contributed by atoms with Gasteiger partial charge in [0.15, 0.2) is 0 Å². The fourth-order valence-electron chi connectivity index (χ4n) is 5.63. The van der Waals surface area contributed by atoms with Crippen LogP contribution in [0.1, 0.15) is 36.3 Å². The number of halogens is 1. The smallest absolute Gasteiger partial charge is 0.322 e. The number of urea groups is 1. The van der Waals surface area contributed by atoms with Crippen LogP contribution in [0.3, 0.4) is 0 Å². The van der Waals surface area contributed by atoms with Gasteiger partial charge in [0.2, 0.25) is 17.7 Å². The van der Waals surface area contributed by atoms with E-state index >= 15 is 0 Å². The van der Waals surface area contributed by atoms with Crippen molar-refractivity contribution in [3.8, 4) is 11.5 Å². The van der Waals surface area contributed by atoms with Crippen molar-refractivity contribution in [3.05, 3.63) is 70.6 Å². The Hall–Kier alpha value is -3.69. The van der Waals surface area contributed by atoms with Gasteiger partial charge >= 0.3 is 6.03 Å². The van der Waals surface area contributed by atoms with E-state index in [4.69, 9.17) is 16.0 Å². The first-order chi connectivity index (χ1) is 19.0. The predicted molar refractivity (Wildman–Crippen MR) is 149 cm³/mol. The first-order valence-corrected chi connectivity index (χ1v) is 13.9. The summed E-state index contributed by atoms with van der Waals surface area (Å²) in [5.41, 5.74) is 5.05. The fourth-order valence-corrected chi connectivity index (χ4v) is 5.87. The summed E-state index contributed by atoms with van der Waals surface area (Å²) in [5.74, 6) is 0.579. The number of piperidine rings is 1. The fraction of sp³-hybridized carbons (Fsp3) is 0.379. The van der Waals surface area contributed by atoms with E-state index in [1.165, 1.54) is 5.57 Å². The van der Waals surface area contributed by atoms with Crippen LogP contribution in [-0.2, 0) is 17.6 Å². The third-order valence-corrected chi connectivity index (χ3v) is 7.97. The Labute approximate surface area is 232 Å². The molecular weight excluding hydrogens is 516 g/mol. The minimum atomic E-state index is -0.0660. The second kappa shape index (κ2) is 11.2. The molecule has 0 radical (unpaired) electrons. The van der Waals surface area contributed by atoms with Gasteiger partial charge in [0.1, 0.15) is 6.42 Å². The van der Waals surface area contributed by atoms with Gasteiger partial charge in [-0.2, -0.15) is 0 Å². The highest BCUT2D eigenvalue weighted by Gasteiger charge is 2.31. The Bertz CT molecular complexity index is 1410. The van der Waals surface area contributed by atoms with Crippen LogP contribution in [0.25, 0.3) is 17.0 Å². The Kier molecular flexibility index (Phi) is 7.34. The van der Waals surface area contributed by atoms with Crippen molar-refractivity contribution in [1.29, 1.82) is 0 Å². The van der Waals surface area contributed by atoms with Gasteiger partial charge in [-0.3, -0.25) is 4.79 Å². The molecule has 0 unspecified atom stereocenters. The molecule has 0 spiro atoms. The van der Waals surface area contributed by atoms with Gasteiger partial charge in [-0.1, -0.05) is 35.9 Å². The van der Waals surface area contributed by atoms with Crippen LogP contribution in [0.5, 0.6) is 0 Å². The Morgan fingerprint density at radius 2 is 1.87 bits per heavy atom. The van der Waals surface area contributed by atoms with Gasteiger partial charge in [0.05, 0.1) is 0 Å². The summed E-state index contributed by atoms with van der Waals surface area (Å²) >= 11 is 6.40. The number of rotatable bonds is 5. The van der Waals surface area contributed by atoms with E-state index in [2.05, 4.69) is 33.0 Å². The maximum Gasteiger partial charge on any atom is 0.322 e. The van der Waals surface area contributed by atoms with Gasteiger partial charge in [0, 0.05) is 48.5 Å². The van der Waals surface area contributed by atoms with Gasteiger partial charge in [-0.05, 0) is 73.2 Å². The molecule has 1 saturated heterocycles. The van der Waals surface area contributed by atoms with E-state index in [1.54, 1.807) is 6.07 Å². The van der Waals surface area contributed by atoms with E-state index in [9.17, 15) is 9.59 Å². The zero-order valence-corrected chi connectivity index (χ0v) is 22.4. The average Bonchev–Trinajstić information content (AvgIpc) is 3.35. The monoisotopic (exact) mass is 546 g/mol. The molecule has 3 amide bonds. The van der Waals surface area contributed by atoms with Crippen LogP contribution in [0, 0.1) is 0 Å². The van der Waals surface area contributed by atoms with Crippen LogP contribution in [-0.4, -0.2) is 70.7 Å². The molecule has 6 rings (SSSR count). The van der Waals surface area contributed by atoms with Crippen LogP contribution in [0.15, 0.2) is 53.0 Å². The molecule has 0 aliphatic carbocycles. The molecule has 39 heavy (non-hydrogen) atoms. The zero-order chi connectivity index (χ0) is 26.8. The molecule has 4 heterocycles. The van der Waals surface area contributed by atoms with Gasteiger partial charge in [0.25, 0.3) is 0 Å². The van der Waals surface area contributed by atoms with Crippen LogP contribution in [0.4, 0.5) is 10.5 Å². The lowest BCUT2D eigenvalue weighted by atomic mass is 9.98. The number of amides is 3. The summed E-state index contributed by atoms with van der Waals surface area (Å²) in [6, 6.07) is 13.7. The molecule has 0 bridgehead atoms. The average molecular weight is 547 g/mol. The molecule has 1 fully saturated rings. The highest BCUT2D eigenvalue weighted by Crippen LogP contribution is 2.30. The minimum absolute atomic E-state index is 0.0431. The number of fused-ring (bicyclic) bond motifs is 1. The Morgan fingerprint density at radius 1 is 1.05 bits per heavy atom. The summed E-state index contributed by atoms with van der Waals surface area (Å²) in [4.78, 5) is 29.7. The number of aromatic nitrogens is 2. The molecule has 2 aromatic carbocycles. The van der Waals surface area contributed by atoms with E-state index in [1.807, 2.05) is 40.1 Å². The number of likely N-dealkylation sites (tertiary alicyclic amines) is 1. The van der Waals surface area contributed by atoms with Crippen molar-refractivity contribution in [3.63, 3.8) is 0 Å². The Balaban J connectivity index is 1.06. The highest BCUT2D eigenvalue weighted by molar-refractivity contribution is 6.31. The minimum Gasteiger partial charge on any atom is -0.420 e. The normalized spacial score (nSPS) is 18.3. The summed E-state index contributed by atoms with van der Waals surface area (Å²) < 4.78 is 5.88. The third-order valence-electron chi connectivity index (χ3n) is 7.75. The van der Waals surface area contributed by atoms with Crippen molar-refractivity contribution in [2.24, 2.45) is 0 Å². The SMILES string of the molecule is O=C(Cc1nnc(-c2cc(Cl)cc(C3=CCNCC3)c2)o1)N1CCC(N2CCc3ccccc3NC2=O)CC1. The number of anilines is 1. The number of carbonyl (C=O) groups is 2. The van der Waals surface area contributed by atoms with E-state index in [-0.39, 0.29) is 30.3 Å².